The smallest absolute Gasteiger partial charge is 0.353 e. The molecule has 176 valence electrons. The summed E-state index contributed by atoms with van der Waals surface area (Å²) >= 11 is 0. The molecule has 0 atom stereocenters. The zero-order chi connectivity index (χ0) is 24.1. The summed E-state index contributed by atoms with van der Waals surface area (Å²) in [6.07, 6.45) is 0. The standard InChI is InChI=1S/C25H19N3O7/c1-31-20-9-15-18(10-21(20)32-2)28(11-13-3-6-19-22(7-13)34-12-33-19)24(25(29)30)23(15)14-4-5-16-17(8-14)27-35-26-16/h3-10H,11-12H2,1-2H3,(H,29,30). The molecule has 5 aromatic rings. The predicted molar refractivity (Wildman–Crippen MR) is 124 cm³/mol. The highest BCUT2D eigenvalue weighted by atomic mass is 16.7. The van der Waals surface area contributed by atoms with Crippen LogP contribution < -0.4 is 18.9 Å². The van der Waals surface area contributed by atoms with Gasteiger partial charge in [-0.1, -0.05) is 12.1 Å². The van der Waals surface area contributed by atoms with Crippen LogP contribution in [-0.2, 0) is 6.54 Å². The lowest BCUT2D eigenvalue weighted by Gasteiger charge is -2.12. The molecular weight excluding hydrogens is 454 g/mol. The maximum Gasteiger partial charge on any atom is 0.353 e. The Morgan fingerprint density at radius 1 is 0.971 bits per heavy atom. The third-order valence-corrected chi connectivity index (χ3v) is 6.09. The molecule has 2 aromatic heterocycles. The quantitative estimate of drug-likeness (QED) is 0.384. The maximum absolute atomic E-state index is 12.7. The van der Waals surface area contributed by atoms with Gasteiger partial charge < -0.3 is 28.6 Å². The lowest BCUT2D eigenvalue weighted by atomic mass is 10.0. The Morgan fingerprint density at radius 3 is 2.54 bits per heavy atom. The molecule has 35 heavy (non-hydrogen) atoms. The lowest BCUT2D eigenvalue weighted by molar-refractivity contribution is 0.0687. The van der Waals surface area contributed by atoms with Crippen LogP contribution in [0.15, 0.2) is 53.2 Å². The van der Waals surface area contributed by atoms with Crippen molar-refractivity contribution in [3.05, 3.63) is 59.8 Å². The van der Waals surface area contributed by atoms with Gasteiger partial charge in [0.2, 0.25) is 6.79 Å². The third-order valence-electron chi connectivity index (χ3n) is 6.09. The van der Waals surface area contributed by atoms with Gasteiger partial charge in [0, 0.05) is 23.6 Å². The number of aromatic carboxylic acids is 1. The van der Waals surface area contributed by atoms with Gasteiger partial charge >= 0.3 is 5.97 Å². The van der Waals surface area contributed by atoms with E-state index in [2.05, 4.69) is 10.3 Å². The van der Waals surface area contributed by atoms with Gasteiger partial charge in [0.15, 0.2) is 23.0 Å². The molecule has 0 unspecified atom stereocenters. The molecule has 0 fully saturated rings. The number of rotatable bonds is 6. The molecule has 1 N–H and O–H groups in total. The molecule has 3 aromatic carbocycles. The van der Waals surface area contributed by atoms with Gasteiger partial charge in [0.25, 0.3) is 0 Å². The van der Waals surface area contributed by atoms with E-state index in [1.54, 1.807) is 42.0 Å². The van der Waals surface area contributed by atoms with Gasteiger partial charge in [0.05, 0.1) is 19.7 Å². The SMILES string of the molecule is COc1cc2c(-c3ccc4nonc4c3)c(C(=O)O)n(Cc3ccc4c(c3)OCO4)c2cc1OC. The van der Waals surface area contributed by atoms with E-state index in [1.165, 1.54) is 7.11 Å². The average Bonchev–Trinajstić information content (AvgIpc) is 3.59. The topological polar surface area (TPSA) is 118 Å². The Bertz CT molecular complexity index is 1620. The summed E-state index contributed by atoms with van der Waals surface area (Å²) in [6, 6.07) is 14.4. The van der Waals surface area contributed by atoms with E-state index in [1.807, 2.05) is 18.2 Å². The first-order valence-corrected chi connectivity index (χ1v) is 10.7. The van der Waals surface area contributed by atoms with Crippen LogP contribution in [0.3, 0.4) is 0 Å². The summed E-state index contributed by atoms with van der Waals surface area (Å²) in [5, 5.41) is 18.8. The van der Waals surface area contributed by atoms with Gasteiger partial charge in [-0.15, -0.1) is 0 Å². The number of carboxylic acid groups (broad SMARTS) is 1. The lowest BCUT2D eigenvalue weighted by Crippen LogP contribution is -2.10. The number of carboxylic acids is 1. The molecule has 0 aliphatic carbocycles. The zero-order valence-electron chi connectivity index (χ0n) is 18.8. The van der Waals surface area contributed by atoms with E-state index in [4.69, 9.17) is 23.6 Å². The number of fused-ring (bicyclic) bond motifs is 3. The molecule has 0 spiro atoms. The van der Waals surface area contributed by atoms with E-state index in [0.29, 0.717) is 56.1 Å². The fourth-order valence-corrected chi connectivity index (χ4v) is 4.51. The van der Waals surface area contributed by atoms with E-state index in [9.17, 15) is 9.90 Å². The second kappa shape index (κ2) is 7.94. The Kier molecular flexibility index (Phi) is 4.73. The van der Waals surface area contributed by atoms with Crippen LogP contribution in [0.2, 0.25) is 0 Å². The van der Waals surface area contributed by atoms with Gasteiger partial charge in [0.1, 0.15) is 16.7 Å². The van der Waals surface area contributed by atoms with Crippen molar-refractivity contribution in [1.29, 1.82) is 0 Å². The highest BCUT2D eigenvalue weighted by Crippen LogP contribution is 2.42. The maximum atomic E-state index is 12.7. The molecule has 1 aliphatic heterocycles. The summed E-state index contributed by atoms with van der Waals surface area (Å²) in [5.41, 5.74) is 3.93. The first-order valence-electron chi connectivity index (χ1n) is 10.7. The summed E-state index contributed by atoms with van der Waals surface area (Å²) in [7, 11) is 3.08. The molecule has 0 amide bonds. The van der Waals surface area contributed by atoms with Crippen molar-refractivity contribution >= 4 is 27.9 Å². The van der Waals surface area contributed by atoms with Crippen molar-refractivity contribution in [2.75, 3.05) is 21.0 Å². The van der Waals surface area contributed by atoms with Crippen molar-refractivity contribution in [3.8, 4) is 34.1 Å². The van der Waals surface area contributed by atoms with Crippen molar-refractivity contribution in [2.24, 2.45) is 0 Å². The number of methoxy groups -OCH3 is 2. The van der Waals surface area contributed by atoms with Crippen LogP contribution in [0.25, 0.3) is 33.1 Å². The number of nitrogens with zero attached hydrogens (tertiary/aromatic N) is 3. The molecule has 3 heterocycles. The van der Waals surface area contributed by atoms with Crippen molar-refractivity contribution < 1.29 is 33.5 Å². The van der Waals surface area contributed by atoms with E-state index >= 15 is 0 Å². The fourth-order valence-electron chi connectivity index (χ4n) is 4.51. The average molecular weight is 473 g/mol. The Hall–Kier alpha value is -4.73. The summed E-state index contributed by atoms with van der Waals surface area (Å²) in [4.78, 5) is 12.7. The number of benzene rings is 3. The second-order valence-electron chi connectivity index (χ2n) is 7.99. The number of carbonyl (C=O) groups is 1. The minimum Gasteiger partial charge on any atom is -0.493 e. The summed E-state index contributed by atoms with van der Waals surface area (Å²) in [6.45, 7) is 0.435. The molecule has 10 heteroatoms. The Balaban J connectivity index is 1.63. The summed E-state index contributed by atoms with van der Waals surface area (Å²) < 4.78 is 28.5. The van der Waals surface area contributed by atoms with Crippen LogP contribution in [0.5, 0.6) is 23.0 Å². The molecule has 1 aliphatic rings. The molecule has 0 saturated carbocycles. The number of hydrogen-bond acceptors (Lipinski definition) is 8. The first kappa shape index (κ1) is 20.8. The van der Waals surface area contributed by atoms with Gasteiger partial charge in [-0.2, -0.15) is 0 Å². The van der Waals surface area contributed by atoms with Gasteiger partial charge in [-0.25, -0.2) is 9.42 Å². The van der Waals surface area contributed by atoms with Crippen molar-refractivity contribution in [3.63, 3.8) is 0 Å². The third kappa shape index (κ3) is 3.30. The fraction of sp³-hybridized carbons (Fsp3) is 0.160. The minimum absolute atomic E-state index is 0.115. The van der Waals surface area contributed by atoms with Crippen LogP contribution in [0.1, 0.15) is 16.1 Å². The van der Waals surface area contributed by atoms with E-state index in [0.717, 1.165) is 5.56 Å². The number of hydrogen-bond donors (Lipinski definition) is 1. The summed E-state index contributed by atoms with van der Waals surface area (Å²) in [5.74, 6) is 1.19. The number of ether oxygens (including phenoxy) is 4. The number of aromatic nitrogens is 3. The van der Waals surface area contributed by atoms with E-state index in [-0.39, 0.29) is 19.0 Å². The van der Waals surface area contributed by atoms with Crippen LogP contribution in [0, 0.1) is 0 Å². The largest absolute Gasteiger partial charge is 0.493 e. The molecule has 0 saturated heterocycles. The van der Waals surface area contributed by atoms with Crippen LogP contribution in [-0.4, -0.2) is 47.0 Å². The van der Waals surface area contributed by atoms with Gasteiger partial charge in [-0.05, 0) is 51.8 Å². The zero-order valence-corrected chi connectivity index (χ0v) is 18.8. The Labute approximate surface area is 198 Å². The normalized spacial score (nSPS) is 12.4. The molecule has 10 nitrogen and oxygen atoms in total. The first-order chi connectivity index (χ1) is 17.1. The van der Waals surface area contributed by atoms with Crippen molar-refractivity contribution in [1.82, 2.24) is 14.9 Å². The highest BCUT2D eigenvalue weighted by molar-refractivity contribution is 6.09. The molecular formula is C25H19N3O7. The predicted octanol–water partition coefficient (Wildman–Crippen LogP) is 4.34. The molecule has 0 bridgehead atoms. The monoisotopic (exact) mass is 473 g/mol. The van der Waals surface area contributed by atoms with Crippen LogP contribution >= 0.6 is 0 Å². The minimum atomic E-state index is -1.08. The van der Waals surface area contributed by atoms with Crippen molar-refractivity contribution in [2.45, 2.75) is 6.54 Å². The molecule has 6 rings (SSSR count). The van der Waals surface area contributed by atoms with Gasteiger partial charge in [-0.3, -0.25) is 0 Å². The van der Waals surface area contributed by atoms with Crippen LogP contribution in [0.4, 0.5) is 0 Å². The Morgan fingerprint density at radius 2 is 1.74 bits per heavy atom. The van der Waals surface area contributed by atoms with E-state index < -0.39 is 5.97 Å². The second-order valence-corrected chi connectivity index (χ2v) is 7.99. The molecule has 0 radical (unpaired) electrons. The highest BCUT2D eigenvalue weighted by Gasteiger charge is 2.26.